The van der Waals surface area contributed by atoms with Gasteiger partial charge >= 0.3 is 0 Å². The van der Waals surface area contributed by atoms with Gasteiger partial charge in [-0.2, -0.15) is 4.31 Å². The van der Waals surface area contributed by atoms with Crippen LogP contribution in [-0.4, -0.2) is 55.4 Å². The summed E-state index contributed by atoms with van der Waals surface area (Å²) in [5.74, 6) is 0.168. The fraction of sp³-hybridized carbons (Fsp3) is 0.318. The van der Waals surface area contributed by atoms with Crippen molar-refractivity contribution < 1.29 is 22.7 Å². The maximum absolute atomic E-state index is 13.0. The van der Waals surface area contributed by atoms with Gasteiger partial charge in [0, 0.05) is 13.1 Å². The second-order valence-corrected chi connectivity index (χ2v) is 9.30. The van der Waals surface area contributed by atoms with Crippen molar-refractivity contribution in [3.8, 4) is 11.6 Å². The van der Waals surface area contributed by atoms with E-state index in [1.54, 1.807) is 6.07 Å². The maximum atomic E-state index is 13.0. The van der Waals surface area contributed by atoms with E-state index in [1.165, 1.54) is 35.9 Å². The third-order valence-corrected chi connectivity index (χ3v) is 7.14. The molecule has 168 valence electrons. The first-order valence-corrected chi connectivity index (χ1v) is 11.7. The molecule has 1 amide bonds. The monoisotopic (exact) mass is 456 g/mol. The Kier molecular flexibility index (Phi) is 6.52. The highest BCUT2D eigenvalue weighted by molar-refractivity contribution is 7.89. The SMILES string of the molecule is COc1ccc(S(=O)(=O)N2CCCCC2)cc1NC(=O)COc1ncnc2ccccc12. The Bertz CT molecular complexity index is 1220. The fourth-order valence-electron chi connectivity index (χ4n) is 3.61. The zero-order valence-electron chi connectivity index (χ0n) is 17.7. The number of benzene rings is 2. The summed E-state index contributed by atoms with van der Waals surface area (Å²) in [6.07, 6.45) is 4.08. The number of hydrogen-bond acceptors (Lipinski definition) is 7. The van der Waals surface area contributed by atoms with Gasteiger partial charge in [0.2, 0.25) is 15.9 Å². The summed E-state index contributed by atoms with van der Waals surface area (Å²) in [6, 6.07) is 11.7. The number of hydrogen-bond donors (Lipinski definition) is 1. The van der Waals surface area contributed by atoms with Crippen molar-refractivity contribution in [3.63, 3.8) is 0 Å². The highest BCUT2D eigenvalue weighted by atomic mass is 32.2. The van der Waals surface area contributed by atoms with E-state index in [1.807, 2.05) is 18.2 Å². The molecule has 2 heterocycles. The summed E-state index contributed by atoms with van der Waals surface area (Å²) in [5, 5.41) is 3.37. The molecular formula is C22H24N4O5S. The Morgan fingerprint density at radius 2 is 1.88 bits per heavy atom. The zero-order valence-corrected chi connectivity index (χ0v) is 18.5. The number of methoxy groups -OCH3 is 1. The highest BCUT2D eigenvalue weighted by Gasteiger charge is 2.27. The highest BCUT2D eigenvalue weighted by Crippen LogP contribution is 2.30. The predicted octanol–water partition coefficient (Wildman–Crippen LogP) is 2.83. The summed E-state index contributed by atoms with van der Waals surface area (Å²) >= 11 is 0. The van der Waals surface area contributed by atoms with E-state index < -0.39 is 15.9 Å². The molecule has 1 N–H and O–H groups in total. The molecule has 0 spiro atoms. The molecule has 0 atom stereocenters. The molecule has 0 unspecified atom stereocenters. The second-order valence-electron chi connectivity index (χ2n) is 7.36. The van der Waals surface area contributed by atoms with Gasteiger partial charge in [-0.1, -0.05) is 18.6 Å². The standard InChI is InChI=1S/C22H24N4O5S/c1-30-20-10-9-16(32(28,29)26-11-5-2-6-12-26)13-19(20)25-21(27)14-31-22-17-7-3-4-8-18(17)23-15-24-22/h3-4,7-10,13,15H,2,5-6,11-12,14H2,1H3,(H,25,27). The fourth-order valence-corrected chi connectivity index (χ4v) is 5.16. The summed E-state index contributed by atoms with van der Waals surface area (Å²) in [5.41, 5.74) is 0.960. The number of amides is 1. The van der Waals surface area contributed by atoms with Gasteiger partial charge in [0.05, 0.1) is 28.6 Å². The van der Waals surface area contributed by atoms with E-state index in [2.05, 4.69) is 15.3 Å². The number of carbonyl (C=O) groups excluding carboxylic acids is 1. The van der Waals surface area contributed by atoms with Crippen LogP contribution in [0, 0.1) is 0 Å². The Labute approximate surface area is 186 Å². The first kappa shape index (κ1) is 22.0. The lowest BCUT2D eigenvalue weighted by molar-refractivity contribution is -0.118. The van der Waals surface area contributed by atoms with Gasteiger partial charge in [0.25, 0.3) is 5.91 Å². The summed E-state index contributed by atoms with van der Waals surface area (Å²) in [4.78, 5) is 20.9. The quantitative estimate of drug-likeness (QED) is 0.582. The van der Waals surface area contributed by atoms with Crippen molar-refractivity contribution in [1.29, 1.82) is 0 Å². The molecular weight excluding hydrogens is 432 g/mol. The molecule has 0 bridgehead atoms. The molecule has 1 aliphatic rings. The van der Waals surface area contributed by atoms with E-state index >= 15 is 0 Å². The number of sulfonamides is 1. The molecule has 0 saturated carbocycles. The lowest BCUT2D eigenvalue weighted by atomic mass is 10.2. The first-order chi connectivity index (χ1) is 15.5. The van der Waals surface area contributed by atoms with E-state index in [4.69, 9.17) is 9.47 Å². The van der Waals surface area contributed by atoms with Crippen LogP contribution in [0.5, 0.6) is 11.6 Å². The Morgan fingerprint density at radius 3 is 2.66 bits per heavy atom. The van der Waals surface area contributed by atoms with Crippen molar-refractivity contribution in [2.45, 2.75) is 24.2 Å². The molecule has 1 aliphatic heterocycles. The minimum Gasteiger partial charge on any atom is -0.495 e. The summed E-state index contributed by atoms with van der Waals surface area (Å²) in [7, 11) is -2.19. The van der Waals surface area contributed by atoms with Crippen LogP contribution in [0.4, 0.5) is 5.69 Å². The molecule has 0 radical (unpaired) electrons. The number of fused-ring (bicyclic) bond motifs is 1. The Morgan fingerprint density at radius 1 is 1.09 bits per heavy atom. The molecule has 32 heavy (non-hydrogen) atoms. The number of carbonyl (C=O) groups is 1. The third-order valence-electron chi connectivity index (χ3n) is 5.24. The van der Waals surface area contributed by atoms with Crippen molar-refractivity contribution in [1.82, 2.24) is 14.3 Å². The van der Waals surface area contributed by atoms with E-state index in [9.17, 15) is 13.2 Å². The smallest absolute Gasteiger partial charge is 0.262 e. The average molecular weight is 457 g/mol. The molecule has 9 nitrogen and oxygen atoms in total. The van der Waals surface area contributed by atoms with Crippen LogP contribution in [0.2, 0.25) is 0 Å². The maximum Gasteiger partial charge on any atom is 0.262 e. The predicted molar refractivity (Wildman–Crippen MR) is 119 cm³/mol. The van der Waals surface area contributed by atoms with Crippen LogP contribution < -0.4 is 14.8 Å². The number of rotatable bonds is 7. The average Bonchev–Trinajstić information content (AvgIpc) is 2.83. The van der Waals surface area contributed by atoms with Crippen molar-refractivity contribution in [3.05, 3.63) is 48.8 Å². The van der Waals surface area contributed by atoms with Crippen molar-refractivity contribution in [2.24, 2.45) is 0 Å². The molecule has 4 rings (SSSR count). The van der Waals surface area contributed by atoms with Gasteiger partial charge in [-0.25, -0.2) is 18.4 Å². The van der Waals surface area contributed by atoms with Gasteiger partial charge < -0.3 is 14.8 Å². The number of aromatic nitrogens is 2. The van der Waals surface area contributed by atoms with Crippen LogP contribution in [0.15, 0.2) is 53.7 Å². The number of anilines is 1. The minimum absolute atomic E-state index is 0.109. The largest absolute Gasteiger partial charge is 0.495 e. The topological polar surface area (TPSA) is 111 Å². The van der Waals surface area contributed by atoms with Crippen LogP contribution >= 0.6 is 0 Å². The molecule has 1 fully saturated rings. The molecule has 10 heteroatoms. The third kappa shape index (κ3) is 4.66. The summed E-state index contributed by atoms with van der Waals surface area (Å²) < 4.78 is 38.4. The van der Waals surface area contributed by atoms with Gasteiger partial charge in [-0.3, -0.25) is 4.79 Å². The van der Waals surface area contributed by atoms with Gasteiger partial charge in [-0.05, 0) is 43.2 Å². The van der Waals surface area contributed by atoms with Gasteiger partial charge in [0.15, 0.2) is 6.61 Å². The Balaban J connectivity index is 1.50. The van der Waals surface area contributed by atoms with Crippen LogP contribution in [0.3, 0.4) is 0 Å². The number of para-hydroxylation sites is 1. The van der Waals surface area contributed by atoms with Gasteiger partial charge in [0.1, 0.15) is 12.1 Å². The lowest BCUT2D eigenvalue weighted by Gasteiger charge is -2.26. The molecule has 3 aromatic rings. The first-order valence-electron chi connectivity index (χ1n) is 10.3. The zero-order chi connectivity index (χ0) is 22.6. The van der Waals surface area contributed by atoms with Crippen molar-refractivity contribution >= 4 is 32.5 Å². The Hall–Kier alpha value is -3.24. The van der Waals surface area contributed by atoms with E-state index in [0.29, 0.717) is 35.6 Å². The molecule has 1 aromatic heterocycles. The normalized spacial score (nSPS) is 14.8. The van der Waals surface area contributed by atoms with E-state index in [0.717, 1.165) is 19.3 Å². The minimum atomic E-state index is -3.65. The number of piperidine rings is 1. The summed E-state index contributed by atoms with van der Waals surface area (Å²) in [6.45, 7) is 0.681. The van der Waals surface area contributed by atoms with Crippen molar-refractivity contribution in [2.75, 3.05) is 32.1 Å². The molecule has 0 aliphatic carbocycles. The van der Waals surface area contributed by atoms with Crippen LogP contribution in [0.1, 0.15) is 19.3 Å². The van der Waals surface area contributed by atoms with E-state index in [-0.39, 0.29) is 17.2 Å². The number of ether oxygens (including phenoxy) is 2. The second kappa shape index (κ2) is 9.49. The molecule has 1 saturated heterocycles. The number of nitrogens with zero attached hydrogens (tertiary/aromatic N) is 3. The lowest BCUT2D eigenvalue weighted by Crippen LogP contribution is -2.35. The number of nitrogens with one attached hydrogen (secondary N) is 1. The van der Waals surface area contributed by atoms with Crippen LogP contribution in [0.25, 0.3) is 10.9 Å². The van der Waals surface area contributed by atoms with Gasteiger partial charge in [-0.15, -0.1) is 0 Å². The molecule has 2 aromatic carbocycles. The van der Waals surface area contributed by atoms with Crippen LogP contribution in [-0.2, 0) is 14.8 Å².